The normalized spacial score (nSPS) is 14.7. The van der Waals surface area contributed by atoms with Crippen LogP contribution in [0.4, 0.5) is 0 Å². The molecule has 1 aliphatic rings. The lowest BCUT2D eigenvalue weighted by molar-refractivity contribution is 0.663. The van der Waals surface area contributed by atoms with E-state index in [4.69, 9.17) is 18.8 Å². The van der Waals surface area contributed by atoms with Gasteiger partial charge in [-0.15, -0.1) is 0 Å². The van der Waals surface area contributed by atoms with Crippen LogP contribution in [-0.4, -0.2) is 11.7 Å². The van der Waals surface area contributed by atoms with E-state index in [0.717, 1.165) is 77.5 Å². The van der Waals surface area contributed by atoms with E-state index in [-0.39, 0.29) is 0 Å². The Morgan fingerprint density at radius 3 is 1.98 bits per heavy atom. The molecule has 0 fully saturated rings. The van der Waals surface area contributed by atoms with Crippen molar-refractivity contribution in [3.8, 4) is 11.1 Å². The van der Waals surface area contributed by atoms with Crippen molar-refractivity contribution in [1.29, 1.82) is 0 Å². The van der Waals surface area contributed by atoms with Crippen molar-refractivity contribution in [3.63, 3.8) is 0 Å². The molecule has 0 saturated heterocycles. The van der Waals surface area contributed by atoms with Crippen LogP contribution in [0.5, 0.6) is 0 Å². The molecule has 1 N–H and O–H groups in total. The average molecular weight is 668 g/mol. The number of aliphatic imine (C=N–C) groups is 2. The maximum Gasteiger partial charge on any atom is 0.159 e. The molecular formula is C47H29N3O2. The van der Waals surface area contributed by atoms with Crippen molar-refractivity contribution < 1.29 is 8.83 Å². The summed E-state index contributed by atoms with van der Waals surface area (Å²) in [4.78, 5) is 10.5. The summed E-state index contributed by atoms with van der Waals surface area (Å²) in [5, 5.41) is 12.8. The fourth-order valence-electron chi connectivity index (χ4n) is 7.91. The number of rotatable bonds is 4. The van der Waals surface area contributed by atoms with Crippen LogP contribution in [0.3, 0.4) is 0 Å². The van der Waals surface area contributed by atoms with E-state index >= 15 is 0 Å². The van der Waals surface area contributed by atoms with Crippen LogP contribution in [0.2, 0.25) is 0 Å². The van der Waals surface area contributed by atoms with Gasteiger partial charge in [0.25, 0.3) is 0 Å². The fourth-order valence-corrected chi connectivity index (χ4v) is 7.91. The van der Waals surface area contributed by atoms with E-state index in [1.807, 2.05) is 60.7 Å². The van der Waals surface area contributed by atoms with Crippen LogP contribution in [0, 0.1) is 0 Å². The first-order chi connectivity index (χ1) is 25.8. The first-order valence-corrected chi connectivity index (χ1v) is 17.5. The second-order valence-corrected chi connectivity index (χ2v) is 13.3. The lowest BCUT2D eigenvalue weighted by atomic mass is 9.94. The van der Waals surface area contributed by atoms with Gasteiger partial charge in [-0.25, -0.2) is 9.98 Å². The number of fused-ring (bicyclic) bond motifs is 9. The largest absolute Gasteiger partial charge is 0.456 e. The van der Waals surface area contributed by atoms with Gasteiger partial charge in [-0.05, 0) is 51.4 Å². The molecule has 52 heavy (non-hydrogen) atoms. The van der Waals surface area contributed by atoms with Crippen molar-refractivity contribution in [2.75, 3.05) is 0 Å². The molecule has 0 radical (unpaired) electrons. The van der Waals surface area contributed by atoms with Gasteiger partial charge in [-0.3, -0.25) is 0 Å². The summed E-state index contributed by atoms with van der Waals surface area (Å²) >= 11 is 0. The molecule has 11 rings (SSSR count). The second kappa shape index (κ2) is 11.3. The Morgan fingerprint density at radius 1 is 0.462 bits per heavy atom. The number of hydrogen-bond donors (Lipinski definition) is 1. The van der Waals surface area contributed by atoms with Crippen molar-refractivity contribution in [3.05, 3.63) is 180 Å². The van der Waals surface area contributed by atoms with E-state index in [0.29, 0.717) is 5.84 Å². The van der Waals surface area contributed by atoms with Gasteiger partial charge in [0.2, 0.25) is 0 Å². The summed E-state index contributed by atoms with van der Waals surface area (Å²) in [7, 11) is 0. The Hall–Kier alpha value is -6.98. The molecular weight excluding hydrogens is 639 g/mol. The molecule has 0 saturated carbocycles. The fraction of sp³-hybridized carbons (Fsp3) is 0.0213. The topological polar surface area (TPSA) is 63.0 Å². The minimum absolute atomic E-state index is 0.450. The lowest BCUT2D eigenvalue weighted by Gasteiger charge is -2.25. The highest BCUT2D eigenvalue weighted by molar-refractivity contribution is 6.22. The van der Waals surface area contributed by atoms with Crippen molar-refractivity contribution in [1.82, 2.24) is 5.32 Å². The summed E-state index contributed by atoms with van der Waals surface area (Å²) in [5.41, 5.74) is 8.40. The Balaban J connectivity index is 1.13. The molecule has 10 aromatic rings. The highest BCUT2D eigenvalue weighted by Crippen LogP contribution is 2.42. The maximum absolute atomic E-state index is 6.77. The third kappa shape index (κ3) is 4.42. The van der Waals surface area contributed by atoms with Crippen LogP contribution in [0.15, 0.2) is 183 Å². The monoisotopic (exact) mass is 667 g/mol. The van der Waals surface area contributed by atoms with Crippen molar-refractivity contribution >= 4 is 77.1 Å². The quantitative estimate of drug-likeness (QED) is 0.190. The minimum atomic E-state index is -0.450. The van der Waals surface area contributed by atoms with E-state index in [1.165, 1.54) is 21.5 Å². The summed E-state index contributed by atoms with van der Waals surface area (Å²) in [5.74, 6) is 1.40. The standard InChI is InChI=1S/C47H29N3O2/c1-2-12-30(13-3-1)45-48-46(36-17-10-20-41-42(36)34-15-6-8-18-39(34)51-41)50-47(49-45)37-26-25-33(44-43(37)35-16-7-9-19-40(35)52-44)31-24-23-29-22-21-28-11-4-5-14-32(28)38(29)27-31/h1-27,47H,(H,48,49,50). The van der Waals surface area contributed by atoms with Gasteiger partial charge in [0.1, 0.15) is 34.3 Å². The van der Waals surface area contributed by atoms with Crippen LogP contribution in [0.25, 0.3) is 76.5 Å². The van der Waals surface area contributed by atoms with Gasteiger partial charge < -0.3 is 14.2 Å². The maximum atomic E-state index is 6.77. The Bertz CT molecular complexity index is 3110. The summed E-state index contributed by atoms with van der Waals surface area (Å²) < 4.78 is 13.1. The molecule has 5 nitrogen and oxygen atoms in total. The molecule has 0 bridgehead atoms. The zero-order chi connectivity index (χ0) is 34.2. The Morgan fingerprint density at radius 2 is 1.13 bits per heavy atom. The van der Waals surface area contributed by atoms with Crippen LogP contribution in [-0.2, 0) is 0 Å². The first kappa shape index (κ1) is 28.8. The number of hydrogen-bond acceptors (Lipinski definition) is 5. The summed E-state index contributed by atoms with van der Waals surface area (Å²) in [6, 6.07) is 56.8. The smallest absolute Gasteiger partial charge is 0.159 e. The number of nitrogens with zero attached hydrogens (tertiary/aromatic N) is 2. The highest BCUT2D eigenvalue weighted by atomic mass is 16.3. The second-order valence-electron chi connectivity index (χ2n) is 13.3. The molecule has 3 heterocycles. The zero-order valence-corrected chi connectivity index (χ0v) is 27.9. The predicted octanol–water partition coefficient (Wildman–Crippen LogP) is 12.0. The van der Waals surface area contributed by atoms with Gasteiger partial charge in [0.05, 0.1) is 0 Å². The predicted molar refractivity (Wildman–Crippen MR) is 213 cm³/mol. The molecule has 5 heteroatoms. The van der Waals surface area contributed by atoms with Gasteiger partial charge >= 0.3 is 0 Å². The minimum Gasteiger partial charge on any atom is -0.456 e. The molecule has 1 atom stereocenters. The number of furan rings is 2. The molecule has 0 amide bonds. The summed E-state index contributed by atoms with van der Waals surface area (Å²) in [6.07, 6.45) is -0.450. The van der Waals surface area contributed by atoms with Gasteiger partial charge in [0, 0.05) is 43.8 Å². The Labute approximate surface area is 298 Å². The highest BCUT2D eigenvalue weighted by Gasteiger charge is 2.27. The molecule has 0 aliphatic carbocycles. The van der Waals surface area contributed by atoms with Crippen molar-refractivity contribution in [2.45, 2.75) is 6.17 Å². The number of amidine groups is 2. The van der Waals surface area contributed by atoms with E-state index in [9.17, 15) is 0 Å². The number of para-hydroxylation sites is 2. The van der Waals surface area contributed by atoms with Gasteiger partial charge in [-0.1, -0.05) is 140 Å². The van der Waals surface area contributed by atoms with Crippen LogP contribution in [0.1, 0.15) is 22.9 Å². The third-order valence-electron chi connectivity index (χ3n) is 10.3. The third-order valence-corrected chi connectivity index (χ3v) is 10.3. The SMILES string of the molecule is c1ccc(C2=NC(c3ccc(-c4ccc5ccc6ccccc6c5c4)c4oc5ccccc5c34)NC(c3cccc4oc5ccccc5c34)=N2)cc1. The van der Waals surface area contributed by atoms with Crippen LogP contribution >= 0.6 is 0 Å². The van der Waals surface area contributed by atoms with Gasteiger partial charge in [-0.2, -0.15) is 0 Å². The van der Waals surface area contributed by atoms with Gasteiger partial charge in [0.15, 0.2) is 5.84 Å². The number of nitrogens with one attached hydrogen (secondary N) is 1. The van der Waals surface area contributed by atoms with E-state index in [1.54, 1.807) is 0 Å². The molecule has 1 aliphatic heterocycles. The Kier molecular flexibility index (Phi) is 6.25. The van der Waals surface area contributed by atoms with Crippen LogP contribution < -0.4 is 5.32 Å². The first-order valence-electron chi connectivity index (χ1n) is 17.5. The molecule has 0 spiro atoms. The average Bonchev–Trinajstić information content (AvgIpc) is 3.80. The van der Waals surface area contributed by atoms with Crippen molar-refractivity contribution in [2.24, 2.45) is 9.98 Å². The zero-order valence-electron chi connectivity index (χ0n) is 27.9. The summed E-state index contributed by atoms with van der Waals surface area (Å²) in [6.45, 7) is 0. The van der Waals surface area contributed by atoms with E-state index < -0.39 is 6.17 Å². The lowest BCUT2D eigenvalue weighted by Crippen LogP contribution is -2.33. The molecule has 8 aromatic carbocycles. The molecule has 1 unspecified atom stereocenters. The number of benzene rings is 8. The molecule has 2 aromatic heterocycles. The van der Waals surface area contributed by atoms with E-state index in [2.05, 4.69) is 108 Å². The molecule has 244 valence electrons.